The molecule has 5 nitrogen and oxygen atoms in total. The lowest BCUT2D eigenvalue weighted by molar-refractivity contribution is 0.224. The standard InChI is InChI=1S/C19H18N4OS/c1-13(17-10-14-6-3-4-7-16(14)24-17)23(2)11-15-12-25-19(22-15)18-20-8-5-9-21-18/h3-10,12-13H,11H2,1-2H3/t13-/m1/s1. The second-order valence-electron chi connectivity index (χ2n) is 5.99. The summed E-state index contributed by atoms with van der Waals surface area (Å²) in [6.45, 7) is 2.88. The van der Waals surface area contributed by atoms with Gasteiger partial charge in [0.25, 0.3) is 0 Å². The highest BCUT2D eigenvalue weighted by atomic mass is 32.1. The van der Waals surface area contributed by atoms with E-state index in [1.165, 1.54) is 0 Å². The molecule has 4 rings (SSSR count). The molecule has 0 saturated carbocycles. The molecule has 0 aliphatic carbocycles. The van der Waals surface area contributed by atoms with Crippen LogP contribution in [0.3, 0.4) is 0 Å². The number of furan rings is 1. The van der Waals surface area contributed by atoms with E-state index in [1.54, 1.807) is 29.8 Å². The summed E-state index contributed by atoms with van der Waals surface area (Å²) < 4.78 is 5.98. The SMILES string of the molecule is C[C@H](c1cc2ccccc2o1)N(C)Cc1csc(-c2ncccn2)n1. The zero-order chi connectivity index (χ0) is 17.2. The van der Waals surface area contributed by atoms with E-state index >= 15 is 0 Å². The van der Waals surface area contributed by atoms with Crippen LogP contribution in [0, 0.1) is 0 Å². The highest BCUT2D eigenvalue weighted by Crippen LogP contribution is 2.28. The normalized spacial score (nSPS) is 12.8. The van der Waals surface area contributed by atoms with E-state index in [2.05, 4.69) is 51.3 Å². The smallest absolute Gasteiger partial charge is 0.188 e. The summed E-state index contributed by atoms with van der Waals surface area (Å²) in [5.41, 5.74) is 1.94. The fraction of sp³-hybridized carbons (Fsp3) is 0.211. The molecule has 126 valence electrons. The van der Waals surface area contributed by atoms with Crippen LogP contribution in [0.5, 0.6) is 0 Å². The van der Waals surface area contributed by atoms with Crippen molar-refractivity contribution in [2.24, 2.45) is 0 Å². The average molecular weight is 350 g/mol. The predicted octanol–water partition coefficient (Wildman–Crippen LogP) is 4.54. The van der Waals surface area contributed by atoms with Crippen LogP contribution in [-0.4, -0.2) is 26.9 Å². The first kappa shape index (κ1) is 15.9. The largest absolute Gasteiger partial charge is 0.459 e. The number of hydrogen-bond donors (Lipinski definition) is 0. The Hall–Kier alpha value is -2.57. The van der Waals surface area contributed by atoms with E-state index in [4.69, 9.17) is 4.42 Å². The molecule has 0 bridgehead atoms. The Morgan fingerprint density at radius 2 is 1.96 bits per heavy atom. The molecule has 25 heavy (non-hydrogen) atoms. The molecule has 0 aliphatic rings. The molecule has 0 N–H and O–H groups in total. The molecule has 6 heteroatoms. The molecule has 1 atom stereocenters. The first-order chi connectivity index (χ1) is 12.2. The fourth-order valence-corrected chi connectivity index (χ4v) is 3.47. The zero-order valence-corrected chi connectivity index (χ0v) is 14.9. The number of para-hydroxylation sites is 1. The number of rotatable bonds is 5. The minimum Gasteiger partial charge on any atom is -0.459 e. The van der Waals surface area contributed by atoms with Crippen molar-refractivity contribution in [3.63, 3.8) is 0 Å². The lowest BCUT2D eigenvalue weighted by atomic mass is 10.2. The van der Waals surface area contributed by atoms with Gasteiger partial charge in [0.05, 0.1) is 11.7 Å². The topological polar surface area (TPSA) is 55.1 Å². The van der Waals surface area contributed by atoms with Crippen molar-refractivity contribution in [2.45, 2.75) is 19.5 Å². The van der Waals surface area contributed by atoms with E-state index in [9.17, 15) is 0 Å². The average Bonchev–Trinajstić information content (AvgIpc) is 3.28. The van der Waals surface area contributed by atoms with Gasteiger partial charge in [-0.1, -0.05) is 18.2 Å². The minimum absolute atomic E-state index is 0.158. The third kappa shape index (κ3) is 3.31. The van der Waals surface area contributed by atoms with Gasteiger partial charge in [0.1, 0.15) is 11.3 Å². The van der Waals surface area contributed by atoms with Gasteiger partial charge in [-0.05, 0) is 32.2 Å². The third-order valence-corrected chi connectivity index (χ3v) is 5.12. The van der Waals surface area contributed by atoms with E-state index in [1.807, 2.05) is 18.2 Å². The van der Waals surface area contributed by atoms with E-state index < -0.39 is 0 Å². The molecular formula is C19H18N4OS. The summed E-state index contributed by atoms with van der Waals surface area (Å²) in [7, 11) is 2.08. The van der Waals surface area contributed by atoms with Crippen LogP contribution >= 0.6 is 11.3 Å². The van der Waals surface area contributed by atoms with Crippen LogP contribution < -0.4 is 0 Å². The Morgan fingerprint density at radius 1 is 1.16 bits per heavy atom. The van der Waals surface area contributed by atoms with Crippen molar-refractivity contribution in [2.75, 3.05) is 7.05 Å². The number of hydrogen-bond acceptors (Lipinski definition) is 6. The molecule has 0 aliphatic heterocycles. The van der Waals surface area contributed by atoms with Gasteiger partial charge in [-0.15, -0.1) is 11.3 Å². The molecule has 0 amide bonds. The van der Waals surface area contributed by atoms with Crippen molar-refractivity contribution in [3.8, 4) is 10.8 Å². The summed E-state index contributed by atoms with van der Waals surface area (Å²) in [6.07, 6.45) is 3.47. The van der Waals surface area contributed by atoms with Crippen LogP contribution in [0.4, 0.5) is 0 Å². The van der Waals surface area contributed by atoms with Gasteiger partial charge < -0.3 is 4.42 Å². The van der Waals surface area contributed by atoms with Gasteiger partial charge in [-0.25, -0.2) is 15.0 Å². The second-order valence-corrected chi connectivity index (χ2v) is 6.85. The van der Waals surface area contributed by atoms with Crippen molar-refractivity contribution < 1.29 is 4.42 Å². The maximum Gasteiger partial charge on any atom is 0.188 e. The Bertz CT molecular complexity index is 946. The van der Waals surface area contributed by atoms with Crippen LogP contribution in [0.1, 0.15) is 24.4 Å². The van der Waals surface area contributed by atoms with Crippen LogP contribution in [0.25, 0.3) is 21.8 Å². The Morgan fingerprint density at radius 3 is 2.76 bits per heavy atom. The van der Waals surface area contributed by atoms with Gasteiger partial charge in [0.15, 0.2) is 10.8 Å². The molecule has 0 fully saturated rings. The van der Waals surface area contributed by atoms with E-state index in [0.717, 1.165) is 34.0 Å². The summed E-state index contributed by atoms with van der Waals surface area (Å²) in [6, 6.07) is 12.2. The summed E-state index contributed by atoms with van der Waals surface area (Å²) in [5.74, 6) is 1.64. The minimum atomic E-state index is 0.158. The van der Waals surface area contributed by atoms with Gasteiger partial charge in [-0.3, -0.25) is 4.90 Å². The molecular weight excluding hydrogens is 332 g/mol. The van der Waals surface area contributed by atoms with E-state index in [-0.39, 0.29) is 6.04 Å². The van der Waals surface area contributed by atoms with Crippen LogP contribution in [0.15, 0.2) is 58.6 Å². The summed E-state index contributed by atoms with van der Waals surface area (Å²) >= 11 is 1.57. The highest BCUT2D eigenvalue weighted by molar-refractivity contribution is 7.13. The predicted molar refractivity (Wildman–Crippen MR) is 99.2 cm³/mol. The van der Waals surface area contributed by atoms with Crippen LogP contribution in [0.2, 0.25) is 0 Å². The Labute approximate surface area is 150 Å². The van der Waals surface area contributed by atoms with Crippen molar-refractivity contribution in [1.82, 2.24) is 19.9 Å². The van der Waals surface area contributed by atoms with E-state index in [0.29, 0.717) is 5.82 Å². The summed E-state index contributed by atoms with van der Waals surface area (Å²) in [4.78, 5) is 15.4. The number of aromatic nitrogens is 3. The quantitative estimate of drug-likeness (QED) is 0.529. The molecule has 4 aromatic rings. The molecule has 0 spiro atoms. The summed E-state index contributed by atoms with van der Waals surface area (Å²) in [5, 5.41) is 4.04. The van der Waals surface area contributed by atoms with Crippen molar-refractivity contribution >= 4 is 22.3 Å². The van der Waals surface area contributed by atoms with Gasteiger partial charge >= 0.3 is 0 Å². The Kier molecular flexibility index (Phi) is 4.29. The van der Waals surface area contributed by atoms with Crippen molar-refractivity contribution in [1.29, 1.82) is 0 Å². The number of fused-ring (bicyclic) bond motifs is 1. The maximum atomic E-state index is 5.98. The zero-order valence-electron chi connectivity index (χ0n) is 14.1. The van der Waals surface area contributed by atoms with Gasteiger partial charge in [-0.2, -0.15) is 0 Å². The monoisotopic (exact) mass is 350 g/mol. The number of benzene rings is 1. The second kappa shape index (κ2) is 6.74. The first-order valence-corrected chi connectivity index (χ1v) is 8.99. The molecule has 3 heterocycles. The first-order valence-electron chi connectivity index (χ1n) is 8.11. The molecule has 1 aromatic carbocycles. The van der Waals surface area contributed by atoms with Gasteiger partial charge in [0, 0.05) is 29.7 Å². The van der Waals surface area contributed by atoms with Crippen LogP contribution in [-0.2, 0) is 6.54 Å². The highest BCUT2D eigenvalue weighted by Gasteiger charge is 2.18. The molecule has 0 saturated heterocycles. The molecule has 0 unspecified atom stereocenters. The van der Waals surface area contributed by atoms with Crippen molar-refractivity contribution in [3.05, 3.63) is 65.6 Å². The molecule has 3 aromatic heterocycles. The lowest BCUT2D eigenvalue weighted by Gasteiger charge is -2.21. The molecule has 0 radical (unpaired) electrons. The van der Waals surface area contributed by atoms with Gasteiger partial charge in [0.2, 0.25) is 0 Å². The lowest BCUT2D eigenvalue weighted by Crippen LogP contribution is -2.21. The Balaban J connectivity index is 1.49. The fourth-order valence-electron chi connectivity index (χ4n) is 2.71. The maximum absolute atomic E-state index is 5.98. The number of thiazole rings is 1. The third-order valence-electron chi connectivity index (χ3n) is 4.24. The number of nitrogens with zero attached hydrogens (tertiary/aromatic N) is 4.